The van der Waals surface area contributed by atoms with E-state index in [1.807, 2.05) is 6.92 Å². The van der Waals surface area contributed by atoms with Crippen LogP contribution < -0.4 is 5.32 Å². The predicted octanol–water partition coefficient (Wildman–Crippen LogP) is 0.722. The highest BCUT2D eigenvalue weighted by atomic mass is 32.2. The van der Waals surface area contributed by atoms with Crippen LogP contribution in [-0.2, 0) is 7.05 Å². The number of nitrogens with one attached hydrogen (secondary N) is 1. The Hall–Kier alpha value is -1.77. The lowest BCUT2D eigenvalue weighted by Crippen LogP contribution is -2.04. The number of hydrogen-bond donors (Lipinski definition) is 1. The van der Waals surface area contributed by atoms with Crippen molar-refractivity contribution in [2.75, 3.05) is 11.9 Å². The second kappa shape index (κ2) is 5.04. The summed E-state index contributed by atoms with van der Waals surface area (Å²) in [4.78, 5) is 7.85. The molecule has 0 spiro atoms. The fraction of sp³-hybridized carbons (Fsp3) is 0.375. The third-order valence-corrected chi connectivity index (χ3v) is 2.82. The van der Waals surface area contributed by atoms with Crippen LogP contribution in [0.15, 0.2) is 16.4 Å². The van der Waals surface area contributed by atoms with E-state index in [9.17, 15) is 4.39 Å². The van der Waals surface area contributed by atoms with Gasteiger partial charge >= 0.3 is 0 Å². The lowest BCUT2D eigenvalue weighted by molar-refractivity contribution is 0.578. The van der Waals surface area contributed by atoms with Crippen molar-refractivity contribution in [3.8, 4) is 0 Å². The first kappa shape index (κ1) is 11.7. The fourth-order valence-corrected chi connectivity index (χ4v) is 1.76. The third-order valence-electron chi connectivity index (χ3n) is 1.82. The molecule has 0 saturated heterocycles. The third kappa shape index (κ3) is 2.67. The Morgan fingerprint density at radius 1 is 1.53 bits per heavy atom. The minimum atomic E-state index is -0.500. The number of nitrogens with zero attached hydrogens (tertiary/aromatic N) is 6. The Bertz CT molecular complexity index is 514. The summed E-state index contributed by atoms with van der Waals surface area (Å²) in [6, 6.07) is 0. The summed E-state index contributed by atoms with van der Waals surface area (Å²) in [5.74, 6) is -0.119. The molecule has 0 amide bonds. The van der Waals surface area contributed by atoms with Gasteiger partial charge in [-0.1, -0.05) is 0 Å². The van der Waals surface area contributed by atoms with E-state index in [1.165, 1.54) is 4.68 Å². The van der Waals surface area contributed by atoms with Gasteiger partial charge in [-0.15, -0.1) is 5.10 Å². The van der Waals surface area contributed by atoms with Gasteiger partial charge in [-0.2, -0.15) is 0 Å². The van der Waals surface area contributed by atoms with E-state index >= 15 is 0 Å². The number of rotatable bonds is 4. The van der Waals surface area contributed by atoms with Crippen LogP contribution >= 0.6 is 11.8 Å². The van der Waals surface area contributed by atoms with E-state index in [4.69, 9.17) is 0 Å². The van der Waals surface area contributed by atoms with E-state index in [2.05, 4.69) is 30.8 Å². The summed E-state index contributed by atoms with van der Waals surface area (Å²) in [6.45, 7) is 2.58. The van der Waals surface area contributed by atoms with Crippen LogP contribution in [0.25, 0.3) is 0 Å². The highest BCUT2D eigenvalue weighted by molar-refractivity contribution is 7.99. The molecule has 0 aromatic carbocycles. The van der Waals surface area contributed by atoms with Crippen LogP contribution in [-0.4, -0.2) is 36.7 Å². The molecule has 7 nitrogen and oxygen atoms in total. The van der Waals surface area contributed by atoms with Gasteiger partial charge in [0.2, 0.25) is 11.1 Å². The van der Waals surface area contributed by atoms with Crippen LogP contribution in [0.2, 0.25) is 0 Å². The van der Waals surface area contributed by atoms with Crippen LogP contribution in [0.5, 0.6) is 0 Å². The normalized spacial score (nSPS) is 10.5. The molecule has 0 fully saturated rings. The molecule has 0 bridgehead atoms. The molecule has 2 heterocycles. The topological polar surface area (TPSA) is 81.4 Å². The smallest absolute Gasteiger partial charge is 0.223 e. The molecule has 17 heavy (non-hydrogen) atoms. The zero-order chi connectivity index (χ0) is 12.3. The lowest BCUT2D eigenvalue weighted by Gasteiger charge is -2.04. The first-order valence-electron chi connectivity index (χ1n) is 4.87. The van der Waals surface area contributed by atoms with Gasteiger partial charge in [0, 0.05) is 13.6 Å². The minimum absolute atomic E-state index is 0.189. The first-order chi connectivity index (χ1) is 8.20. The van der Waals surface area contributed by atoms with E-state index in [0.29, 0.717) is 17.6 Å². The summed E-state index contributed by atoms with van der Waals surface area (Å²) >= 11 is 1.05. The molecule has 2 aromatic heterocycles. The van der Waals surface area contributed by atoms with E-state index in [0.717, 1.165) is 18.0 Å². The molecule has 90 valence electrons. The molecule has 0 aliphatic rings. The SMILES string of the molecule is CCNc1ncc(F)c(Sc2nnnn2C)n1. The Kier molecular flexibility index (Phi) is 3.47. The number of tetrazole rings is 1. The molecule has 0 unspecified atom stereocenters. The van der Waals surface area contributed by atoms with Crippen molar-refractivity contribution in [2.45, 2.75) is 17.1 Å². The summed E-state index contributed by atoms with van der Waals surface area (Å²) in [5, 5.41) is 14.4. The molecule has 9 heteroatoms. The Balaban J connectivity index is 2.25. The van der Waals surface area contributed by atoms with Crippen LogP contribution in [0.4, 0.5) is 10.3 Å². The number of aromatic nitrogens is 6. The van der Waals surface area contributed by atoms with Gasteiger partial charge in [-0.25, -0.2) is 19.0 Å². The molecule has 0 aliphatic heterocycles. The van der Waals surface area contributed by atoms with Crippen LogP contribution in [0.1, 0.15) is 6.92 Å². The van der Waals surface area contributed by atoms with Crippen molar-refractivity contribution >= 4 is 17.7 Å². The molecule has 0 saturated carbocycles. The van der Waals surface area contributed by atoms with Crippen LogP contribution in [0.3, 0.4) is 0 Å². The van der Waals surface area contributed by atoms with Crippen molar-refractivity contribution in [3.63, 3.8) is 0 Å². The molecule has 0 radical (unpaired) electrons. The number of hydrogen-bond acceptors (Lipinski definition) is 7. The predicted molar refractivity (Wildman–Crippen MR) is 59.1 cm³/mol. The molecule has 2 aromatic rings. The molecule has 0 aliphatic carbocycles. The zero-order valence-electron chi connectivity index (χ0n) is 9.25. The minimum Gasteiger partial charge on any atom is -0.354 e. The second-order valence-electron chi connectivity index (χ2n) is 3.06. The summed E-state index contributed by atoms with van der Waals surface area (Å²) in [6.07, 6.45) is 1.12. The maximum absolute atomic E-state index is 13.5. The summed E-state index contributed by atoms with van der Waals surface area (Å²) < 4.78 is 14.9. The van der Waals surface area contributed by atoms with Gasteiger partial charge in [0.1, 0.15) is 5.03 Å². The van der Waals surface area contributed by atoms with Crippen molar-refractivity contribution in [2.24, 2.45) is 7.05 Å². The van der Waals surface area contributed by atoms with Crippen molar-refractivity contribution in [1.29, 1.82) is 0 Å². The molecular formula is C8H10FN7S. The Morgan fingerprint density at radius 3 is 3.00 bits per heavy atom. The summed E-state index contributed by atoms with van der Waals surface area (Å²) in [5.41, 5.74) is 0. The van der Waals surface area contributed by atoms with Gasteiger partial charge in [-0.05, 0) is 29.1 Å². The highest BCUT2D eigenvalue weighted by Crippen LogP contribution is 2.25. The summed E-state index contributed by atoms with van der Waals surface area (Å²) in [7, 11) is 1.67. The Labute approximate surface area is 101 Å². The maximum atomic E-state index is 13.5. The largest absolute Gasteiger partial charge is 0.354 e. The van der Waals surface area contributed by atoms with Gasteiger partial charge < -0.3 is 5.32 Å². The van der Waals surface area contributed by atoms with Gasteiger partial charge in [0.25, 0.3) is 0 Å². The van der Waals surface area contributed by atoms with Crippen molar-refractivity contribution < 1.29 is 4.39 Å². The standard InChI is InChI=1S/C8H10FN7S/c1-3-10-7-11-4-5(9)6(12-7)17-8-13-14-15-16(8)2/h4H,3H2,1-2H3,(H,10,11,12). The monoisotopic (exact) mass is 255 g/mol. The highest BCUT2D eigenvalue weighted by Gasteiger charge is 2.12. The molecular weight excluding hydrogens is 245 g/mol. The van der Waals surface area contributed by atoms with E-state index < -0.39 is 5.82 Å². The lowest BCUT2D eigenvalue weighted by atomic mass is 10.6. The fourth-order valence-electron chi connectivity index (χ4n) is 1.06. The van der Waals surface area contributed by atoms with Crippen molar-refractivity contribution in [3.05, 3.63) is 12.0 Å². The van der Waals surface area contributed by atoms with Gasteiger partial charge in [0.05, 0.1) is 6.20 Å². The maximum Gasteiger partial charge on any atom is 0.223 e. The number of halogens is 1. The average molecular weight is 255 g/mol. The second-order valence-corrected chi connectivity index (χ2v) is 4.02. The first-order valence-corrected chi connectivity index (χ1v) is 5.69. The average Bonchev–Trinajstić information content (AvgIpc) is 2.70. The molecule has 0 atom stereocenters. The molecule has 1 N–H and O–H groups in total. The van der Waals surface area contributed by atoms with Crippen molar-refractivity contribution in [1.82, 2.24) is 30.2 Å². The number of aryl methyl sites for hydroxylation is 1. The van der Waals surface area contributed by atoms with Gasteiger partial charge in [0.15, 0.2) is 5.82 Å². The quantitative estimate of drug-likeness (QED) is 0.806. The molecule has 2 rings (SSSR count). The van der Waals surface area contributed by atoms with E-state index in [-0.39, 0.29) is 5.03 Å². The zero-order valence-corrected chi connectivity index (χ0v) is 10.1. The number of anilines is 1. The van der Waals surface area contributed by atoms with E-state index in [1.54, 1.807) is 7.05 Å². The Morgan fingerprint density at radius 2 is 2.35 bits per heavy atom. The van der Waals surface area contributed by atoms with Crippen LogP contribution in [0, 0.1) is 5.82 Å². The van der Waals surface area contributed by atoms with Gasteiger partial charge in [-0.3, -0.25) is 0 Å².